The summed E-state index contributed by atoms with van der Waals surface area (Å²) in [6.07, 6.45) is 8.09. The maximum Gasteiger partial charge on any atom is 0.290 e. The Morgan fingerprint density at radius 3 is 2.59 bits per heavy atom. The third kappa shape index (κ3) is 4.51. The van der Waals surface area contributed by atoms with Crippen molar-refractivity contribution in [3.05, 3.63) is 29.0 Å². The zero-order chi connectivity index (χ0) is 19.4. The van der Waals surface area contributed by atoms with E-state index in [2.05, 4.69) is 22.2 Å². The van der Waals surface area contributed by atoms with Gasteiger partial charge in [-0.3, -0.25) is 4.79 Å². The van der Waals surface area contributed by atoms with Gasteiger partial charge in [0.2, 0.25) is 11.7 Å². The summed E-state index contributed by atoms with van der Waals surface area (Å²) in [6.45, 7) is 6.49. The highest BCUT2D eigenvalue weighted by atomic mass is 16.6. The third-order valence-corrected chi connectivity index (χ3v) is 5.43. The Bertz CT molecular complexity index is 713. The highest BCUT2D eigenvalue weighted by Gasteiger charge is 2.24. The summed E-state index contributed by atoms with van der Waals surface area (Å²) in [6, 6.07) is 0.289. The van der Waals surface area contributed by atoms with E-state index in [1.807, 2.05) is 20.0 Å². The molecule has 1 aromatic rings. The standard InChI is InChI=1S/C20H30N4O3/c1-13(22-19(25)18-15(3)26-10-11-27-18)17-12-21-20(23-14(17)2)24(4)16-8-6-5-7-9-16/h12-13,16H,5-11H2,1-4H3,(H,22,25). The lowest BCUT2D eigenvalue weighted by Crippen LogP contribution is -2.35. The summed E-state index contributed by atoms with van der Waals surface area (Å²) < 4.78 is 10.8. The maximum atomic E-state index is 12.5. The molecule has 148 valence electrons. The Morgan fingerprint density at radius 2 is 1.93 bits per heavy atom. The molecule has 2 heterocycles. The van der Waals surface area contributed by atoms with Crippen molar-refractivity contribution in [1.29, 1.82) is 0 Å². The summed E-state index contributed by atoms with van der Waals surface area (Å²) in [4.78, 5) is 23.9. The third-order valence-electron chi connectivity index (χ3n) is 5.43. The first-order valence-corrected chi connectivity index (χ1v) is 9.81. The van der Waals surface area contributed by atoms with Gasteiger partial charge in [-0.05, 0) is 33.6 Å². The van der Waals surface area contributed by atoms with E-state index in [9.17, 15) is 4.79 Å². The van der Waals surface area contributed by atoms with Crippen LogP contribution in [0, 0.1) is 6.92 Å². The number of hydrogen-bond donors (Lipinski definition) is 1. The van der Waals surface area contributed by atoms with E-state index in [-0.39, 0.29) is 17.7 Å². The Hall–Kier alpha value is -2.31. The van der Waals surface area contributed by atoms with E-state index in [0.717, 1.165) is 17.2 Å². The smallest absolute Gasteiger partial charge is 0.290 e. The predicted octanol–water partition coefficient (Wildman–Crippen LogP) is 3.01. The minimum atomic E-state index is -0.275. The molecule has 1 aliphatic heterocycles. The number of ether oxygens (including phenoxy) is 2. The van der Waals surface area contributed by atoms with E-state index in [1.54, 1.807) is 6.92 Å². The average molecular weight is 374 g/mol. The van der Waals surface area contributed by atoms with Crippen LogP contribution >= 0.6 is 0 Å². The molecular weight excluding hydrogens is 344 g/mol. The van der Waals surface area contributed by atoms with Gasteiger partial charge in [-0.15, -0.1) is 0 Å². The number of amides is 1. The molecule has 0 saturated heterocycles. The Kier molecular flexibility index (Phi) is 6.19. The number of carbonyl (C=O) groups excluding carboxylic acids is 1. The molecule has 1 aliphatic carbocycles. The van der Waals surface area contributed by atoms with Crippen molar-refractivity contribution in [2.24, 2.45) is 0 Å². The lowest BCUT2D eigenvalue weighted by Gasteiger charge is -2.31. The molecular formula is C20H30N4O3. The van der Waals surface area contributed by atoms with E-state index < -0.39 is 0 Å². The first-order chi connectivity index (χ1) is 13.0. The summed E-state index contributed by atoms with van der Waals surface area (Å²) >= 11 is 0. The molecule has 2 aliphatic rings. The first kappa shape index (κ1) is 19.5. The van der Waals surface area contributed by atoms with Crippen LogP contribution in [-0.2, 0) is 14.3 Å². The zero-order valence-corrected chi connectivity index (χ0v) is 16.7. The summed E-state index contributed by atoms with van der Waals surface area (Å²) in [5.41, 5.74) is 1.78. The van der Waals surface area contributed by atoms with Crippen LogP contribution in [0.2, 0.25) is 0 Å². The molecule has 0 bridgehead atoms. The average Bonchev–Trinajstić information content (AvgIpc) is 2.68. The van der Waals surface area contributed by atoms with Gasteiger partial charge in [0.25, 0.3) is 5.91 Å². The number of allylic oxidation sites excluding steroid dienone is 1. The van der Waals surface area contributed by atoms with Crippen LogP contribution in [0.25, 0.3) is 0 Å². The molecule has 1 atom stereocenters. The minimum absolute atomic E-state index is 0.225. The molecule has 0 radical (unpaired) electrons. The highest BCUT2D eigenvalue weighted by molar-refractivity contribution is 5.92. The van der Waals surface area contributed by atoms with Crippen molar-refractivity contribution in [2.45, 2.75) is 65.0 Å². The number of rotatable bonds is 5. The van der Waals surface area contributed by atoms with Crippen LogP contribution in [0.4, 0.5) is 5.95 Å². The number of carbonyl (C=O) groups is 1. The second-order valence-corrected chi connectivity index (χ2v) is 7.39. The molecule has 0 spiro atoms. The van der Waals surface area contributed by atoms with E-state index >= 15 is 0 Å². The summed E-state index contributed by atoms with van der Waals surface area (Å²) in [7, 11) is 2.07. The second kappa shape index (κ2) is 8.59. The normalized spacial score (nSPS) is 19.1. The van der Waals surface area contributed by atoms with Crippen molar-refractivity contribution in [3.8, 4) is 0 Å². The monoisotopic (exact) mass is 374 g/mol. The second-order valence-electron chi connectivity index (χ2n) is 7.39. The van der Waals surface area contributed by atoms with Crippen LogP contribution in [-0.4, -0.2) is 42.2 Å². The van der Waals surface area contributed by atoms with Crippen molar-refractivity contribution >= 4 is 11.9 Å². The molecule has 1 unspecified atom stereocenters. The van der Waals surface area contributed by atoms with Crippen molar-refractivity contribution in [1.82, 2.24) is 15.3 Å². The maximum absolute atomic E-state index is 12.5. The van der Waals surface area contributed by atoms with Gasteiger partial charge >= 0.3 is 0 Å². The number of aryl methyl sites for hydroxylation is 1. The molecule has 1 aromatic heterocycles. The fourth-order valence-electron chi connectivity index (χ4n) is 3.76. The zero-order valence-electron chi connectivity index (χ0n) is 16.7. The Balaban J connectivity index is 1.68. The van der Waals surface area contributed by atoms with E-state index in [4.69, 9.17) is 14.5 Å². The fourth-order valence-corrected chi connectivity index (χ4v) is 3.76. The van der Waals surface area contributed by atoms with Crippen molar-refractivity contribution in [2.75, 3.05) is 25.2 Å². The lowest BCUT2D eigenvalue weighted by molar-refractivity contribution is -0.123. The molecule has 7 nitrogen and oxygen atoms in total. The van der Waals surface area contributed by atoms with Crippen LogP contribution in [0.15, 0.2) is 17.7 Å². The topological polar surface area (TPSA) is 76.6 Å². The van der Waals surface area contributed by atoms with E-state index in [0.29, 0.717) is 25.0 Å². The Labute approximate surface area is 161 Å². The van der Waals surface area contributed by atoms with Crippen LogP contribution in [0.5, 0.6) is 0 Å². The summed E-state index contributed by atoms with van der Waals surface area (Å²) in [5.74, 6) is 1.25. The highest BCUT2D eigenvalue weighted by Crippen LogP contribution is 2.25. The molecule has 1 N–H and O–H groups in total. The van der Waals surface area contributed by atoms with Gasteiger partial charge < -0.3 is 19.7 Å². The van der Waals surface area contributed by atoms with Gasteiger partial charge in [0, 0.05) is 30.5 Å². The van der Waals surface area contributed by atoms with Gasteiger partial charge in [0.1, 0.15) is 19.0 Å². The largest absolute Gasteiger partial charge is 0.491 e. The molecule has 27 heavy (non-hydrogen) atoms. The van der Waals surface area contributed by atoms with Gasteiger partial charge in [0.15, 0.2) is 0 Å². The molecule has 3 rings (SSSR count). The fraction of sp³-hybridized carbons (Fsp3) is 0.650. The van der Waals surface area contributed by atoms with E-state index in [1.165, 1.54) is 32.1 Å². The number of aromatic nitrogens is 2. The number of hydrogen-bond acceptors (Lipinski definition) is 6. The molecule has 7 heteroatoms. The van der Waals surface area contributed by atoms with Gasteiger partial charge in [-0.25, -0.2) is 9.97 Å². The van der Waals surface area contributed by atoms with Crippen LogP contribution in [0.1, 0.15) is 63.3 Å². The Morgan fingerprint density at radius 1 is 1.22 bits per heavy atom. The molecule has 1 fully saturated rings. The SMILES string of the molecule is CC1=C(C(=O)NC(C)c2cnc(N(C)C3CCCCC3)nc2C)OCCO1. The van der Waals surface area contributed by atoms with Crippen LogP contribution < -0.4 is 10.2 Å². The van der Waals surface area contributed by atoms with Crippen LogP contribution in [0.3, 0.4) is 0 Å². The van der Waals surface area contributed by atoms with Crippen molar-refractivity contribution < 1.29 is 14.3 Å². The molecule has 1 amide bonds. The molecule has 0 aromatic carbocycles. The van der Waals surface area contributed by atoms with Gasteiger partial charge in [0.05, 0.1) is 6.04 Å². The van der Waals surface area contributed by atoms with Gasteiger partial charge in [-0.2, -0.15) is 0 Å². The van der Waals surface area contributed by atoms with Gasteiger partial charge in [-0.1, -0.05) is 19.3 Å². The quantitative estimate of drug-likeness (QED) is 0.854. The minimum Gasteiger partial charge on any atom is -0.491 e. The number of anilines is 1. The number of nitrogens with one attached hydrogen (secondary N) is 1. The predicted molar refractivity (Wildman–Crippen MR) is 103 cm³/mol. The summed E-state index contributed by atoms with van der Waals surface area (Å²) in [5, 5.41) is 2.95. The lowest BCUT2D eigenvalue weighted by atomic mass is 9.95. The molecule has 1 saturated carbocycles. The van der Waals surface area contributed by atoms with Crippen molar-refractivity contribution in [3.63, 3.8) is 0 Å². The number of nitrogens with zero attached hydrogens (tertiary/aromatic N) is 3. The first-order valence-electron chi connectivity index (χ1n) is 9.81.